The molecular weight excluding hydrogens is 382 g/mol. The second kappa shape index (κ2) is 8.75. The highest BCUT2D eigenvalue weighted by Crippen LogP contribution is 2.34. The van der Waals surface area contributed by atoms with E-state index in [0.29, 0.717) is 30.0 Å². The van der Waals surface area contributed by atoms with Crippen LogP contribution < -0.4 is 25.4 Å². The molecule has 0 aromatic heterocycles. The summed E-state index contributed by atoms with van der Waals surface area (Å²) in [7, 11) is 0. The third-order valence-electron chi connectivity index (χ3n) is 5.50. The van der Waals surface area contributed by atoms with Crippen LogP contribution in [0, 0.1) is 5.92 Å². The maximum atomic E-state index is 13.0. The highest BCUT2D eigenvalue weighted by atomic mass is 16.7. The summed E-state index contributed by atoms with van der Waals surface area (Å²) in [6.45, 7) is 5.03. The van der Waals surface area contributed by atoms with Crippen molar-refractivity contribution in [1.29, 1.82) is 0 Å². The fraction of sp³-hybridized carbons (Fsp3) is 0.391. The number of nitrogens with two attached hydrogens (primary N) is 1. The van der Waals surface area contributed by atoms with Gasteiger partial charge in [-0.1, -0.05) is 38.1 Å². The molecule has 2 aliphatic rings. The van der Waals surface area contributed by atoms with Crippen LogP contribution in [0.2, 0.25) is 0 Å². The molecule has 0 unspecified atom stereocenters. The minimum absolute atomic E-state index is 0.101. The molecular formula is C23H28N3O4+. The van der Waals surface area contributed by atoms with Crippen LogP contribution in [-0.2, 0) is 22.6 Å². The van der Waals surface area contributed by atoms with Crippen molar-refractivity contribution in [1.82, 2.24) is 5.32 Å². The number of ether oxygens (including phenoxy) is 2. The molecule has 7 nitrogen and oxygen atoms in total. The van der Waals surface area contributed by atoms with Crippen molar-refractivity contribution in [3.8, 4) is 11.5 Å². The van der Waals surface area contributed by atoms with Gasteiger partial charge in [0.05, 0.1) is 0 Å². The standard InChI is InChI=1S/C23H27N3O4/c1-14(2)9-19(23(28)25-17-7-8-20-21(11-17)30-13-29-20)26-22(27)18-10-15-5-3-4-6-16(15)12-24-18/h3-8,11,14,18-19,24H,9-10,12-13H2,1-2H3,(H,25,28)(H,26,27)/p+1/t18-,19+/m0/s1. The largest absolute Gasteiger partial charge is 0.454 e. The van der Waals surface area contributed by atoms with Crippen molar-refractivity contribution in [3.05, 3.63) is 53.6 Å². The number of amides is 2. The SMILES string of the molecule is CC(C)C[C@@H](NC(=O)[C@@H]1Cc2ccccc2C[NH2+]1)C(=O)Nc1ccc2c(c1)OCO2. The highest BCUT2D eigenvalue weighted by molar-refractivity contribution is 5.98. The molecule has 4 rings (SSSR count). The first kappa shape index (κ1) is 20.2. The zero-order valence-corrected chi connectivity index (χ0v) is 17.3. The number of anilines is 1. The van der Waals surface area contributed by atoms with Gasteiger partial charge in [-0.2, -0.15) is 0 Å². The van der Waals surface area contributed by atoms with Crippen molar-refractivity contribution in [3.63, 3.8) is 0 Å². The predicted octanol–water partition coefficient (Wildman–Crippen LogP) is 1.57. The number of nitrogens with one attached hydrogen (secondary N) is 2. The zero-order chi connectivity index (χ0) is 21.1. The summed E-state index contributed by atoms with van der Waals surface area (Å²) in [6, 6.07) is 12.6. The van der Waals surface area contributed by atoms with Crippen LogP contribution in [0.4, 0.5) is 5.69 Å². The number of benzene rings is 2. The monoisotopic (exact) mass is 410 g/mol. The van der Waals surface area contributed by atoms with Crippen LogP contribution in [0.3, 0.4) is 0 Å². The Balaban J connectivity index is 1.42. The number of fused-ring (bicyclic) bond motifs is 2. The first-order valence-electron chi connectivity index (χ1n) is 10.4. The van der Waals surface area contributed by atoms with Gasteiger partial charge in [0.2, 0.25) is 12.7 Å². The molecule has 4 N–H and O–H groups in total. The molecule has 7 heteroatoms. The first-order valence-corrected chi connectivity index (χ1v) is 10.4. The molecule has 0 aliphatic carbocycles. The van der Waals surface area contributed by atoms with Gasteiger partial charge >= 0.3 is 0 Å². The van der Waals surface area contributed by atoms with Gasteiger partial charge in [0.1, 0.15) is 12.6 Å². The van der Waals surface area contributed by atoms with Crippen LogP contribution in [0.1, 0.15) is 31.4 Å². The number of hydrogen-bond donors (Lipinski definition) is 3. The van der Waals surface area contributed by atoms with Gasteiger partial charge in [0, 0.05) is 23.7 Å². The first-order chi connectivity index (χ1) is 14.5. The number of quaternary nitrogens is 1. The van der Waals surface area contributed by atoms with Gasteiger partial charge < -0.3 is 25.4 Å². The van der Waals surface area contributed by atoms with E-state index < -0.39 is 6.04 Å². The lowest BCUT2D eigenvalue weighted by Gasteiger charge is -2.25. The molecule has 30 heavy (non-hydrogen) atoms. The molecule has 0 radical (unpaired) electrons. The molecule has 2 atom stereocenters. The molecule has 0 saturated heterocycles. The molecule has 0 bridgehead atoms. The molecule has 2 heterocycles. The van der Waals surface area contributed by atoms with Crippen molar-refractivity contribution >= 4 is 17.5 Å². The third-order valence-corrected chi connectivity index (χ3v) is 5.50. The molecule has 2 aromatic carbocycles. The summed E-state index contributed by atoms with van der Waals surface area (Å²) < 4.78 is 10.7. The number of hydrogen-bond acceptors (Lipinski definition) is 4. The van der Waals surface area contributed by atoms with E-state index >= 15 is 0 Å². The molecule has 2 amide bonds. The summed E-state index contributed by atoms with van der Waals surface area (Å²) in [5.74, 6) is 1.19. The van der Waals surface area contributed by atoms with E-state index in [2.05, 4.69) is 22.8 Å². The van der Waals surface area contributed by atoms with Crippen molar-refractivity contribution in [2.24, 2.45) is 5.92 Å². The maximum absolute atomic E-state index is 13.0. The molecule has 158 valence electrons. The molecule has 0 fully saturated rings. The second-order valence-corrected chi connectivity index (χ2v) is 8.27. The topological polar surface area (TPSA) is 93.3 Å². The number of rotatable bonds is 6. The Hall–Kier alpha value is -3.06. The summed E-state index contributed by atoms with van der Waals surface area (Å²) >= 11 is 0. The Morgan fingerprint density at radius 1 is 1.10 bits per heavy atom. The van der Waals surface area contributed by atoms with E-state index in [1.807, 2.05) is 31.3 Å². The van der Waals surface area contributed by atoms with E-state index in [0.717, 1.165) is 6.54 Å². The Kier molecular flexibility index (Phi) is 5.90. The maximum Gasteiger partial charge on any atom is 0.279 e. The Morgan fingerprint density at radius 2 is 1.87 bits per heavy atom. The Morgan fingerprint density at radius 3 is 2.67 bits per heavy atom. The van der Waals surface area contributed by atoms with Gasteiger partial charge in [-0.3, -0.25) is 9.59 Å². The fourth-order valence-corrected chi connectivity index (χ4v) is 3.93. The minimum Gasteiger partial charge on any atom is -0.454 e. The normalized spacial score (nSPS) is 17.9. The average molecular weight is 410 g/mol. The summed E-state index contributed by atoms with van der Waals surface area (Å²) in [4.78, 5) is 25.9. The van der Waals surface area contributed by atoms with Crippen molar-refractivity contribution in [2.45, 2.75) is 45.3 Å². The van der Waals surface area contributed by atoms with Crippen LogP contribution in [0.15, 0.2) is 42.5 Å². The van der Waals surface area contributed by atoms with Gasteiger partial charge in [0.25, 0.3) is 5.91 Å². The van der Waals surface area contributed by atoms with E-state index in [9.17, 15) is 9.59 Å². The van der Waals surface area contributed by atoms with Crippen LogP contribution in [0.5, 0.6) is 11.5 Å². The van der Waals surface area contributed by atoms with Crippen LogP contribution >= 0.6 is 0 Å². The van der Waals surface area contributed by atoms with E-state index in [1.165, 1.54) is 11.1 Å². The van der Waals surface area contributed by atoms with Crippen LogP contribution in [0.25, 0.3) is 0 Å². The number of carbonyl (C=O) groups is 2. The van der Waals surface area contributed by atoms with Gasteiger partial charge in [0.15, 0.2) is 17.5 Å². The summed E-state index contributed by atoms with van der Waals surface area (Å²) in [5.41, 5.74) is 3.08. The fourth-order valence-electron chi connectivity index (χ4n) is 3.93. The second-order valence-electron chi connectivity index (χ2n) is 8.27. The lowest BCUT2D eigenvalue weighted by Crippen LogP contribution is -2.93. The van der Waals surface area contributed by atoms with Gasteiger partial charge in [-0.15, -0.1) is 0 Å². The van der Waals surface area contributed by atoms with E-state index in [1.54, 1.807) is 18.2 Å². The molecule has 2 aliphatic heterocycles. The van der Waals surface area contributed by atoms with Crippen LogP contribution in [-0.4, -0.2) is 30.7 Å². The average Bonchev–Trinajstić information content (AvgIpc) is 3.20. The van der Waals surface area contributed by atoms with Crippen molar-refractivity contribution < 1.29 is 24.4 Å². The summed E-state index contributed by atoms with van der Waals surface area (Å²) in [6.07, 6.45) is 1.23. The zero-order valence-electron chi connectivity index (χ0n) is 17.3. The minimum atomic E-state index is -0.603. The van der Waals surface area contributed by atoms with Crippen molar-refractivity contribution in [2.75, 3.05) is 12.1 Å². The predicted molar refractivity (Wildman–Crippen MR) is 112 cm³/mol. The van der Waals surface area contributed by atoms with Gasteiger partial charge in [-0.25, -0.2) is 0 Å². The highest BCUT2D eigenvalue weighted by Gasteiger charge is 2.31. The lowest BCUT2D eigenvalue weighted by atomic mass is 9.95. The smallest absolute Gasteiger partial charge is 0.279 e. The summed E-state index contributed by atoms with van der Waals surface area (Å²) in [5, 5.41) is 7.93. The molecule has 2 aromatic rings. The van der Waals surface area contributed by atoms with E-state index in [-0.39, 0.29) is 30.6 Å². The quantitative estimate of drug-likeness (QED) is 0.674. The van der Waals surface area contributed by atoms with Gasteiger partial charge in [-0.05, 0) is 30.0 Å². The number of carbonyl (C=O) groups excluding carboxylic acids is 2. The third kappa shape index (κ3) is 4.57. The molecule has 0 saturated carbocycles. The lowest BCUT2D eigenvalue weighted by molar-refractivity contribution is -0.695. The Labute approximate surface area is 176 Å². The molecule has 0 spiro atoms. The Bertz CT molecular complexity index is 944. The van der Waals surface area contributed by atoms with E-state index in [4.69, 9.17) is 9.47 Å².